The number of halogens is 5. The van der Waals surface area contributed by atoms with Crippen molar-refractivity contribution in [1.29, 1.82) is 0 Å². The van der Waals surface area contributed by atoms with Gasteiger partial charge in [-0.1, -0.05) is 18.2 Å². The molecule has 0 heterocycles. The fourth-order valence-electron chi connectivity index (χ4n) is 1.49. The Bertz CT molecular complexity index is 463. The van der Waals surface area contributed by atoms with Crippen molar-refractivity contribution in [3.8, 4) is 0 Å². The summed E-state index contributed by atoms with van der Waals surface area (Å²) in [6.07, 6.45) is 0. The van der Waals surface area contributed by atoms with Crippen LogP contribution in [-0.4, -0.2) is 25.2 Å². The van der Waals surface area contributed by atoms with Gasteiger partial charge in [0.15, 0.2) is 0 Å². The molecule has 0 spiro atoms. The highest BCUT2D eigenvalue weighted by atomic mass is 19.3. The summed E-state index contributed by atoms with van der Waals surface area (Å²) >= 11 is 0. The van der Waals surface area contributed by atoms with Gasteiger partial charge >= 0.3 is 11.9 Å². The zero-order chi connectivity index (χ0) is 14.7. The van der Waals surface area contributed by atoms with Crippen LogP contribution in [0.3, 0.4) is 0 Å². The van der Waals surface area contributed by atoms with Gasteiger partial charge in [-0.2, -0.15) is 8.78 Å². The SMILES string of the molecule is CCOC(=O)C(F)(F)C(F)(CF)c1ccccc1F. The Hall–Kier alpha value is -1.66. The van der Waals surface area contributed by atoms with Crippen LogP contribution in [0.5, 0.6) is 0 Å². The zero-order valence-electron chi connectivity index (χ0n) is 9.93. The van der Waals surface area contributed by atoms with E-state index in [0.29, 0.717) is 12.1 Å². The largest absolute Gasteiger partial charge is 0.461 e. The molecule has 0 aliphatic rings. The summed E-state index contributed by atoms with van der Waals surface area (Å²) in [6.45, 7) is -1.47. The summed E-state index contributed by atoms with van der Waals surface area (Å²) in [7, 11) is 0. The summed E-state index contributed by atoms with van der Waals surface area (Å²) in [5.74, 6) is -8.44. The van der Waals surface area contributed by atoms with Crippen molar-refractivity contribution >= 4 is 5.97 Å². The lowest BCUT2D eigenvalue weighted by molar-refractivity contribution is -0.202. The molecule has 106 valence electrons. The predicted octanol–water partition coefficient (Wildman–Crippen LogP) is 3.16. The van der Waals surface area contributed by atoms with E-state index in [1.165, 1.54) is 6.92 Å². The average molecular weight is 282 g/mol. The summed E-state index contributed by atoms with van der Waals surface area (Å²) in [5.41, 5.74) is -5.33. The van der Waals surface area contributed by atoms with Gasteiger partial charge in [0.1, 0.15) is 12.5 Å². The van der Waals surface area contributed by atoms with Crippen LogP contribution in [0.2, 0.25) is 0 Å². The Morgan fingerprint density at radius 3 is 2.32 bits per heavy atom. The Labute approximate surface area is 106 Å². The van der Waals surface area contributed by atoms with Crippen molar-refractivity contribution in [2.45, 2.75) is 18.5 Å². The van der Waals surface area contributed by atoms with Crippen LogP contribution in [0.15, 0.2) is 24.3 Å². The van der Waals surface area contributed by atoms with Crippen molar-refractivity contribution in [3.63, 3.8) is 0 Å². The van der Waals surface area contributed by atoms with Crippen molar-refractivity contribution in [1.82, 2.24) is 0 Å². The molecule has 0 radical (unpaired) electrons. The van der Waals surface area contributed by atoms with E-state index < -0.39 is 42.2 Å². The van der Waals surface area contributed by atoms with Crippen LogP contribution in [0.1, 0.15) is 12.5 Å². The minimum Gasteiger partial charge on any atom is -0.461 e. The maximum atomic E-state index is 14.2. The first-order valence-electron chi connectivity index (χ1n) is 5.36. The highest BCUT2D eigenvalue weighted by Crippen LogP contribution is 2.43. The molecule has 7 heteroatoms. The van der Waals surface area contributed by atoms with Crippen molar-refractivity contribution in [3.05, 3.63) is 35.6 Å². The number of rotatable bonds is 5. The predicted molar refractivity (Wildman–Crippen MR) is 56.7 cm³/mol. The molecule has 0 saturated heterocycles. The molecule has 0 aromatic heterocycles. The molecule has 0 N–H and O–H groups in total. The van der Waals surface area contributed by atoms with E-state index in [9.17, 15) is 26.7 Å². The lowest BCUT2D eigenvalue weighted by Gasteiger charge is -2.29. The fraction of sp³-hybridized carbons (Fsp3) is 0.417. The number of benzene rings is 1. The number of hydrogen-bond acceptors (Lipinski definition) is 2. The number of alkyl halides is 4. The second-order valence-corrected chi connectivity index (χ2v) is 3.71. The Balaban J connectivity index is 3.31. The molecule has 0 aliphatic carbocycles. The van der Waals surface area contributed by atoms with E-state index in [2.05, 4.69) is 4.74 Å². The standard InChI is InChI=1S/C12H11F5O2/c1-2-19-10(18)12(16,17)11(15,7-13)8-5-3-4-6-9(8)14/h3-6H,2,7H2,1H3. The van der Waals surface area contributed by atoms with E-state index >= 15 is 0 Å². The monoisotopic (exact) mass is 282 g/mol. The van der Waals surface area contributed by atoms with Gasteiger partial charge in [0, 0.05) is 5.56 Å². The van der Waals surface area contributed by atoms with Crippen LogP contribution in [0.4, 0.5) is 22.0 Å². The van der Waals surface area contributed by atoms with Crippen LogP contribution in [-0.2, 0) is 15.2 Å². The number of ether oxygens (including phenoxy) is 1. The second-order valence-electron chi connectivity index (χ2n) is 3.71. The molecule has 1 atom stereocenters. The van der Waals surface area contributed by atoms with Crippen LogP contribution >= 0.6 is 0 Å². The van der Waals surface area contributed by atoms with Gasteiger partial charge in [0.05, 0.1) is 6.61 Å². The van der Waals surface area contributed by atoms with E-state index in [4.69, 9.17) is 0 Å². The molecular weight excluding hydrogens is 271 g/mol. The Kier molecular flexibility index (Phi) is 4.49. The highest BCUT2D eigenvalue weighted by molar-refractivity contribution is 5.79. The topological polar surface area (TPSA) is 26.3 Å². The molecule has 2 nitrogen and oxygen atoms in total. The van der Waals surface area contributed by atoms with E-state index in [1.807, 2.05) is 0 Å². The minimum atomic E-state index is -4.83. The van der Waals surface area contributed by atoms with Crippen LogP contribution < -0.4 is 0 Å². The first-order chi connectivity index (χ1) is 8.81. The zero-order valence-corrected chi connectivity index (χ0v) is 9.93. The normalized spacial score (nSPS) is 14.8. The second kappa shape index (κ2) is 5.54. The van der Waals surface area contributed by atoms with E-state index in [1.54, 1.807) is 0 Å². The molecule has 1 aromatic rings. The molecule has 19 heavy (non-hydrogen) atoms. The molecule has 0 aliphatic heterocycles. The lowest BCUT2D eigenvalue weighted by atomic mass is 9.89. The maximum absolute atomic E-state index is 14.2. The van der Waals surface area contributed by atoms with Crippen molar-refractivity contribution < 1.29 is 31.5 Å². The van der Waals surface area contributed by atoms with Gasteiger partial charge in [-0.25, -0.2) is 18.0 Å². The molecule has 0 bridgehead atoms. The summed E-state index contributed by atoms with van der Waals surface area (Å²) in [6, 6.07) is 3.53. The quantitative estimate of drug-likeness (QED) is 0.612. The van der Waals surface area contributed by atoms with Gasteiger partial charge < -0.3 is 4.74 Å². The lowest BCUT2D eigenvalue weighted by Crippen LogP contribution is -2.50. The van der Waals surface area contributed by atoms with Gasteiger partial charge in [0.2, 0.25) is 5.67 Å². The number of esters is 1. The molecule has 0 saturated carbocycles. The highest BCUT2D eigenvalue weighted by Gasteiger charge is 2.63. The molecule has 0 amide bonds. The van der Waals surface area contributed by atoms with E-state index in [0.717, 1.165) is 12.1 Å². The summed E-state index contributed by atoms with van der Waals surface area (Å²) < 4.78 is 71.7. The third kappa shape index (κ3) is 2.54. The molecule has 1 aromatic carbocycles. The molecule has 0 fully saturated rings. The van der Waals surface area contributed by atoms with E-state index in [-0.39, 0.29) is 0 Å². The van der Waals surface area contributed by atoms with Crippen LogP contribution in [0.25, 0.3) is 0 Å². The van der Waals surface area contributed by atoms with Gasteiger partial charge in [-0.15, -0.1) is 0 Å². The van der Waals surface area contributed by atoms with Gasteiger partial charge in [-0.3, -0.25) is 0 Å². The summed E-state index contributed by atoms with van der Waals surface area (Å²) in [4.78, 5) is 11.1. The summed E-state index contributed by atoms with van der Waals surface area (Å²) in [5, 5.41) is 0. The fourth-order valence-corrected chi connectivity index (χ4v) is 1.49. The minimum absolute atomic E-state index is 0.436. The van der Waals surface area contributed by atoms with Crippen molar-refractivity contribution in [2.24, 2.45) is 0 Å². The average Bonchev–Trinajstić information content (AvgIpc) is 2.38. The number of carbonyl (C=O) groups is 1. The first-order valence-corrected chi connectivity index (χ1v) is 5.36. The third-order valence-corrected chi connectivity index (χ3v) is 2.51. The van der Waals surface area contributed by atoms with Crippen molar-refractivity contribution in [2.75, 3.05) is 13.3 Å². The molecular formula is C12H11F5O2. The Morgan fingerprint density at radius 2 is 1.84 bits per heavy atom. The van der Waals surface area contributed by atoms with Gasteiger partial charge in [0.25, 0.3) is 0 Å². The maximum Gasteiger partial charge on any atom is 0.382 e. The Morgan fingerprint density at radius 1 is 1.26 bits per heavy atom. The molecule has 1 rings (SSSR count). The number of hydrogen-bond donors (Lipinski definition) is 0. The first kappa shape index (κ1) is 15.4. The molecule has 1 unspecified atom stereocenters. The van der Waals surface area contributed by atoms with Gasteiger partial charge in [-0.05, 0) is 13.0 Å². The third-order valence-electron chi connectivity index (χ3n) is 2.51. The number of carbonyl (C=O) groups excluding carboxylic acids is 1. The smallest absolute Gasteiger partial charge is 0.382 e. The van der Waals surface area contributed by atoms with Crippen LogP contribution in [0, 0.1) is 5.82 Å².